The maximum Gasteiger partial charge on any atom is 0.303 e. The molecule has 0 bridgehead atoms. The quantitative estimate of drug-likeness (QED) is 0.730. The second kappa shape index (κ2) is 7.97. The summed E-state index contributed by atoms with van der Waals surface area (Å²) in [5, 5.41) is 15.5. The minimum absolute atomic E-state index is 0.130. The van der Waals surface area contributed by atoms with Gasteiger partial charge in [0.2, 0.25) is 0 Å². The molecule has 2 rings (SSSR count). The molecule has 0 aliphatic carbocycles. The molecule has 0 unspecified atom stereocenters. The normalized spacial score (nSPS) is 10.4. The van der Waals surface area contributed by atoms with E-state index in [1.807, 2.05) is 30.3 Å². The summed E-state index contributed by atoms with van der Waals surface area (Å²) in [4.78, 5) is 22.3. The van der Waals surface area contributed by atoms with Crippen LogP contribution in [0, 0.1) is 0 Å². The summed E-state index contributed by atoms with van der Waals surface area (Å²) in [5.74, 6) is -0.997. The lowest BCUT2D eigenvalue weighted by Crippen LogP contribution is -2.24. The number of carbonyl (C=O) groups is 2. The highest BCUT2D eigenvalue weighted by Crippen LogP contribution is 2.04. The summed E-state index contributed by atoms with van der Waals surface area (Å²) in [6.07, 6.45) is 4.58. The van der Waals surface area contributed by atoms with Gasteiger partial charge in [0.25, 0.3) is 5.91 Å². The Balaban J connectivity index is 1.78. The van der Waals surface area contributed by atoms with E-state index in [-0.39, 0.29) is 12.3 Å². The molecular weight excluding hydrogens is 282 g/mol. The van der Waals surface area contributed by atoms with Gasteiger partial charge in [-0.3, -0.25) is 14.3 Å². The van der Waals surface area contributed by atoms with Gasteiger partial charge in [0.1, 0.15) is 0 Å². The van der Waals surface area contributed by atoms with Crippen molar-refractivity contribution in [2.75, 3.05) is 6.54 Å². The van der Waals surface area contributed by atoms with Gasteiger partial charge >= 0.3 is 5.97 Å². The Morgan fingerprint density at radius 1 is 1.18 bits per heavy atom. The van der Waals surface area contributed by atoms with Gasteiger partial charge in [-0.2, -0.15) is 5.10 Å². The minimum Gasteiger partial charge on any atom is -0.481 e. The van der Waals surface area contributed by atoms with Crippen molar-refractivity contribution in [1.82, 2.24) is 15.1 Å². The summed E-state index contributed by atoms with van der Waals surface area (Å²) >= 11 is 0. The average molecular weight is 301 g/mol. The zero-order valence-corrected chi connectivity index (χ0v) is 12.2. The van der Waals surface area contributed by atoms with Crippen LogP contribution in [0.4, 0.5) is 0 Å². The van der Waals surface area contributed by atoms with Gasteiger partial charge in [-0.25, -0.2) is 0 Å². The predicted molar refractivity (Wildman–Crippen MR) is 81.6 cm³/mol. The van der Waals surface area contributed by atoms with Crippen LogP contribution < -0.4 is 5.32 Å². The van der Waals surface area contributed by atoms with Crippen LogP contribution in [0.2, 0.25) is 0 Å². The third-order valence-corrected chi connectivity index (χ3v) is 3.19. The highest BCUT2D eigenvalue weighted by molar-refractivity contribution is 5.93. The number of carboxylic acid groups (broad SMARTS) is 1. The highest BCUT2D eigenvalue weighted by atomic mass is 16.4. The molecule has 0 spiro atoms. The minimum atomic E-state index is -0.812. The van der Waals surface area contributed by atoms with Crippen molar-refractivity contribution >= 4 is 11.9 Å². The number of unbranched alkanes of at least 4 members (excludes halogenated alkanes) is 1. The number of carbonyl (C=O) groups excluding carboxylic acids is 1. The molecule has 6 heteroatoms. The number of hydrogen-bond donors (Lipinski definition) is 2. The van der Waals surface area contributed by atoms with Crippen molar-refractivity contribution in [3.63, 3.8) is 0 Å². The first-order valence-corrected chi connectivity index (χ1v) is 7.21. The van der Waals surface area contributed by atoms with E-state index < -0.39 is 5.97 Å². The fraction of sp³-hybridized carbons (Fsp3) is 0.312. The lowest BCUT2D eigenvalue weighted by atomic mass is 10.2. The van der Waals surface area contributed by atoms with E-state index in [4.69, 9.17) is 5.11 Å². The third kappa shape index (κ3) is 5.05. The summed E-state index contributed by atoms with van der Waals surface area (Å²) in [5.41, 5.74) is 1.63. The van der Waals surface area contributed by atoms with Gasteiger partial charge in [-0.1, -0.05) is 30.3 Å². The zero-order chi connectivity index (χ0) is 15.8. The molecule has 22 heavy (non-hydrogen) atoms. The smallest absolute Gasteiger partial charge is 0.303 e. The predicted octanol–water partition coefficient (Wildman–Crippen LogP) is 1.92. The van der Waals surface area contributed by atoms with E-state index in [1.54, 1.807) is 10.9 Å². The first-order valence-electron chi connectivity index (χ1n) is 7.21. The third-order valence-electron chi connectivity index (χ3n) is 3.19. The van der Waals surface area contributed by atoms with Crippen molar-refractivity contribution in [1.29, 1.82) is 0 Å². The van der Waals surface area contributed by atoms with Crippen molar-refractivity contribution in [3.05, 3.63) is 53.9 Å². The number of amides is 1. The fourth-order valence-electron chi connectivity index (χ4n) is 2.04. The van der Waals surface area contributed by atoms with E-state index in [2.05, 4.69) is 10.4 Å². The van der Waals surface area contributed by atoms with Crippen LogP contribution in [0.5, 0.6) is 0 Å². The molecule has 1 aromatic carbocycles. The zero-order valence-electron chi connectivity index (χ0n) is 12.2. The van der Waals surface area contributed by atoms with Crippen LogP contribution in [0.15, 0.2) is 42.7 Å². The van der Waals surface area contributed by atoms with Gasteiger partial charge in [0.15, 0.2) is 0 Å². The molecule has 6 nitrogen and oxygen atoms in total. The van der Waals surface area contributed by atoms with Crippen LogP contribution in [0.1, 0.15) is 35.2 Å². The molecule has 0 saturated heterocycles. The molecule has 0 atom stereocenters. The first-order chi connectivity index (χ1) is 10.6. The molecular formula is C16H19N3O3. The van der Waals surface area contributed by atoms with Crippen molar-refractivity contribution in [2.45, 2.75) is 25.8 Å². The molecule has 1 aromatic heterocycles. The standard InChI is InChI=1S/C16H19N3O3/c20-15(21)8-4-5-9-17-16(22)14-10-18-19(12-14)11-13-6-2-1-3-7-13/h1-3,6-7,10,12H,4-5,8-9,11H2,(H,17,22)(H,20,21). The maximum absolute atomic E-state index is 11.9. The van der Waals surface area contributed by atoms with E-state index in [9.17, 15) is 9.59 Å². The molecule has 1 amide bonds. The van der Waals surface area contributed by atoms with E-state index in [0.29, 0.717) is 31.5 Å². The van der Waals surface area contributed by atoms with Crippen molar-refractivity contribution in [2.24, 2.45) is 0 Å². The molecule has 2 N–H and O–H groups in total. The monoisotopic (exact) mass is 301 g/mol. The molecule has 0 aliphatic rings. The topological polar surface area (TPSA) is 84.2 Å². The lowest BCUT2D eigenvalue weighted by Gasteiger charge is -2.03. The Labute approximate surface area is 128 Å². The molecule has 116 valence electrons. The molecule has 1 heterocycles. The Kier molecular flexibility index (Phi) is 5.71. The van der Waals surface area contributed by atoms with Crippen LogP contribution in [-0.2, 0) is 11.3 Å². The van der Waals surface area contributed by atoms with Gasteiger partial charge in [-0.05, 0) is 18.4 Å². The number of aromatic nitrogens is 2. The van der Waals surface area contributed by atoms with Gasteiger partial charge in [0, 0.05) is 19.2 Å². The number of aliphatic carboxylic acids is 1. The highest BCUT2D eigenvalue weighted by Gasteiger charge is 2.08. The number of carboxylic acids is 1. The van der Waals surface area contributed by atoms with Gasteiger partial charge < -0.3 is 10.4 Å². The van der Waals surface area contributed by atoms with E-state index >= 15 is 0 Å². The van der Waals surface area contributed by atoms with Gasteiger partial charge in [0.05, 0.1) is 18.3 Å². The Hall–Kier alpha value is -2.63. The molecule has 0 aliphatic heterocycles. The van der Waals surface area contributed by atoms with Gasteiger partial charge in [-0.15, -0.1) is 0 Å². The second-order valence-corrected chi connectivity index (χ2v) is 5.02. The Morgan fingerprint density at radius 2 is 1.95 bits per heavy atom. The van der Waals surface area contributed by atoms with Crippen LogP contribution in [0.25, 0.3) is 0 Å². The largest absolute Gasteiger partial charge is 0.481 e. The fourth-order valence-corrected chi connectivity index (χ4v) is 2.04. The first kappa shape index (κ1) is 15.8. The maximum atomic E-state index is 11.9. The van der Waals surface area contributed by atoms with Crippen molar-refractivity contribution < 1.29 is 14.7 Å². The van der Waals surface area contributed by atoms with Crippen LogP contribution in [-0.4, -0.2) is 33.3 Å². The van der Waals surface area contributed by atoms with Crippen molar-refractivity contribution in [3.8, 4) is 0 Å². The van der Waals surface area contributed by atoms with E-state index in [0.717, 1.165) is 5.56 Å². The second-order valence-electron chi connectivity index (χ2n) is 5.02. The molecule has 2 aromatic rings. The number of nitrogens with one attached hydrogen (secondary N) is 1. The summed E-state index contributed by atoms with van der Waals surface area (Å²) in [6.45, 7) is 1.09. The summed E-state index contributed by atoms with van der Waals surface area (Å²) in [7, 11) is 0. The number of benzene rings is 1. The van der Waals surface area contributed by atoms with E-state index in [1.165, 1.54) is 6.20 Å². The number of nitrogens with zero attached hydrogens (tertiary/aromatic N) is 2. The molecule has 0 fully saturated rings. The summed E-state index contributed by atoms with van der Waals surface area (Å²) < 4.78 is 1.72. The number of hydrogen-bond acceptors (Lipinski definition) is 3. The summed E-state index contributed by atoms with van der Waals surface area (Å²) in [6, 6.07) is 9.89. The SMILES string of the molecule is O=C(O)CCCCNC(=O)c1cnn(Cc2ccccc2)c1. The van der Waals surface area contributed by atoms with Crippen LogP contribution >= 0.6 is 0 Å². The Morgan fingerprint density at radius 3 is 2.68 bits per heavy atom. The number of rotatable bonds is 8. The average Bonchev–Trinajstić information content (AvgIpc) is 2.96. The Bertz CT molecular complexity index is 623. The van der Waals surface area contributed by atoms with Crippen LogP contribution in [0.3, 0.4) is 0 Å². The molecule has 0 saturated carbocycles. The lowest BCUT2D eigenvalue weighted by molar-refractivity contribution is -0.137. The molecule has 0 radical (unpaired) electrons.